The van der Waals surface area contributed by atoms with Crippen LogP contribution in [0.3, 0.4) is 0 Å². The molecule has 0 saturated heterocycles. The molecule has 90 valence electrons. The lowest BCUT2D eigenvalue weighted by Crippen LogP contribution is -2.04. The van der Waals surface area contributed by atoms with E-state index >= 15 is 0 Å². The molecule has 2 aromatic rings. The number of rotatable bonds is 5. The molecule has 3 nitrogen and oxygen atoms in total. The predicted octanol–water partition coefficient (Wildman–Crippen LogP) is 3.50. The third-order valence-electron chi connectivity index (χ3n) is 2.68. The van der Waals surface area contributed by atoms with Crippen LogP contribution >= 0.6 is 15.9 Å². The first-order chi connectivity index (χ1) is 8.36. The van der Waals surface area contributed by atoms with Crippen LogP contribution in [0, 0.1) is 0 Å². The van der Waals surface area contributed by atoms with Gasteiger partial charge in [-0.25, -0.2) is 0 Å². The Kier molecular flexibility index (Phi) is 4.31. The van der Waals surface area contributed by atoms with Crippen molar-refractivity contribution in [3.63, 3.8) is 0 Å². The number of para-hydroxylation sites is 1. The van der Waals surface area contributed by atoms with E-state index in [4.69, 9.17) is 0 Å². The molecule has 17 heavy (non-hydrogen) atoms. The van der Waals surface area contributed by atoms with Gasteiger partial charge in [0, 0.05) is 12.1 Å². The highest BCUT2D eigenvalue weighted by molar-refractivity contribution is 9.08. The number of nitrogens with zero attached hydrogens (tertiary/aromatic N) is 3. The topological polar surface area (TPSA) is 30.7 Å². The Labute approximate surface area is 110 Å². The van der Waals surface area contributed by atoms with E-state index in [1.165, 1.54) is 6.42 Å². The zero-order valence-electron chi connectivity index (χ0n) is 9.93. The molecule has 0 aliphatic carbocycles. The minimum absolute atomic E-state index is 0.723. The summed E-state index contributed by atoms with van der Waals surface area (Å²) >= 11 is 3.46. The Morgan fingerprint density at radius 1 is 1.12 bits per heavy atom. The standard InChI is InChI=1S/C13H16BrN3/c1-2-3-9-12-15-16-13(10-14)17(12)11-7-5-4-6-8-11/h4-8H,2-3,9-10H2,1H3. The van der Waals surface area contributed by atoms with Crippen LogP contribution in [0.1, 0.15) is 31.4 Å². The molecule has 0 aliphatic heterocycles. The van der Waals surface area contributed by atoms with Gasteiger partial charge in [0.1, 0.15) is 11.6 Å². The monoisotopic (exact) mass is 293 g/mol. The van der Waals surface area contributed by atoms with Crippen LogP contribution in [-0.4, -0.2) is 14.8 Å². The molecular weight excluding hydrogens is 278 g/mol. The smallest absolute Gasteiger partial charge is 0.148 e. The van der Waals surface area contributed by atoms with E-state index < -0.39 is 0 Å². The van der Waals surface area contributed by atoms with E-state index in [1.807, 2.05) is 18.2 Å². The van der Waals surface area contributed by atoms with E-state index in [0.29, 0.717) is 0 Å². The van der Waals surface area contributed by atoms with Crippen molar-refractivity contribution in [3.8, 4) is 5.69 Å². The van der Waals surface area contributed by atoms with Crippen molar-refractivity contribution in [3.05, 3.63) is 42.0 Å². The van der Waals surface area contributed by atoms with Gasteiger partial charge in [0.15, 0.2) is 0 Å². The molecule has 1 heterocycles. The van der Waals surface area contributed by atoms with Crippen molar-refractivity contribution in [1.82, 2.24) is 14.8 Å². The molecule has 0 aliphatic rings. The SMILES string of the molecule is CCCCc1nnc(CBr)n1-c1ccccc1. The second kappa shape index (κ2) is 5.96. The summed E-state index contributed by atoms with van der Waals surface area (Å²) in [6.45, 7) is 2.19. The summed E-state index contributed by atoms with van der Waals surface area (Å²) in [6, 6.07) is 10.3. The zero-order chi connectivity index (χ0) is 12.1. The predicted molar refractivity (Wildman–Crippen MR) is 72.6 cm³/mol. The molecule has 0 N–H and O–H groups in total. The lowest BCUT2D eigenvalue weighted by Gasteiger charge is -2.08. The summed E-state index contributed by atoms with van der Waals surface area (Å²) in [5, 5.41) is 9.24. The molecule has 0 amide bonds. The van der Waals surface area contributed by atoms with Crippen molar-refractivity contribution in [1.29, 1.82) is 0 Å². The van der Waals surface area contributed by atoms with Gasteiger partial charge in [-0.1, -0.05) is 47.5 Å². The Balaban J connectivity index is 2.39. The molecule has 1 aromatic carbocycles. The number of aromatic nitrogens is 3. The first kappa shape index (κ1) is 12.3. The van der Waals surface area contributed by atoms with E-state index in [-0.39, 0.29) is 0 Å². The van der Waals surface area contributed by atoms with Crippen LogP contribution in [0.15, 0.2) is 30.3 Å². The van der Waals surface area contributed by atoms with Crippen LogP contribution in [0.4, 0.5) is 0 Å². The maximum atomic E-state index is 4.28. The fourth-order valence-electron chi connectivity index (χ4n) is 1.81. The van der Waals surface area contributed by atoms with E-state index in [9.17, 15) is 0 Å². The number of aryl methyl sites for hydroxylation is 1. The number of hydrogen-bond donors (Lipinski definition) is 0. The van der Waals surface area contributed by atoms with Crippen LogP contribution in [-0.2, 0) is 11.8 Å². The third-order valence-corrected chi connectivity index (χ3v) is 3.19. The summed E-state index contributed by atoms with van der Waals surface area (Å²) in [4.78, 5) is 0. The van der Waals surface area contributed by atoms with Crippen molar-refractivity contribution < 1.29 is 0 Å². The number of halogens is 1. The van der Waals surface area contributed by atoms with Crippen molar-refractivity contribution in [2.45, 2.75) is 31.5 Å². The first-order valence-electron chi connectivity index (χ1n) is 5.91. The average molecular weight is 294 g/mol. The minimum atomic E-state index is 0.723. The lowest BCUT2D eigenvalue weighted by molar-refractivity contribution is 0.733. The number of benzene rings is 1. The van der Waals surface area contributed by atoms with Gasteiger partial charge in [0.05, 0.1) is 5.33 Å². The average Bonchev–Trinajstić information content (AvgIpc) is 2.80. The molecule has 0 unspecified atom stereocenters. The largest absolute Gasteiger partial charge is 0.282 e. The Hall–Kier alpha value is -1.16. The van der Waals surface area contributed by atoms with Crippen LogP contribution in [0.25, 0.3) is 5.69 Å². The summed E-state index contributed by atoms with van der Waals surface area (Å²) in [6.07, 6.45) is 3.30. The Morgan fingerprint density at radius 3 is 2.47 bits per heavy atom. The van der Waals surface area contributed by atoms with Crippen molar-refractivity contribution >= 4 is 15.9 Å². The molecule has 0 saturated carbocycles. The second-order valence-corrected chi connectivity index (χ2v) is 4.50. The van der Waals surface area contributed by atoms with Crippen molar-refractivity contribution in [2.24, 2.45) is 0 Å². The first-order valence-corrected chi connectivity index (χ1v) is 7.03. The van der Waals surface area contributed by atoms with Gasteiger partial charge in [-0.15, -0.1) is 10.2 Å². The Morgan fingerprint density at radius 2 is 1.82 bits per heavy atom. The van der Waals surface area contributed by atoms with Gasteiger partial charge in [0.25, 0.3) is 0 Å². The number of unbranched alkanes of at least 4 members (excludes halogenated alkanes) is 1. The summed E-state index contributed by atoms with van der Waals surface area (Å²) in [5.41, 5.74) is 1.14. The van der Waals surface area contributed by atoms with Crippen LogP contribution in [0.2, 0.25) is 0 Å². The summed E-state index contributed by atoms with van der Waals surface area (Å²) in [7, 11) is 0. The van der Waals surface area contributed by atoms with Gasteiger partial charge in [-0.2, -0.15) is 0 Å². The molecule has 0 fully saturated rings. The molecule has 0 radical (unpaired) electrons. The van der Waals surface area contributed by atoms with Crippen molar-refractivity contribution in [2.75, 3.05) is 0 Å². The molecule has 1 aromatic heterocycles. The van der Waals surface area contributed by atoms with Gasteiger partial charge in [0.2, 0.25) is 0 Å². The number of alkyl halides is 1. The summed E-state index contributed by atoms with van der Waals surface area (Å²) < 4.78 is 2.14. The Bertz CT molecular complexity index is 465. The molecule has 0 bridgehead atoms. The van der Waals surface area contributed by atoms with Gasteiger partial charge in [-0.05, 0) is 18.6 Å². The van der Waals surface area contributed by atoms with Gasteiger partial charge in [-0.3, -0.25) is 4.57 Å². The molecule has 0 spiro atoms. The van der Waals surface area contributed by atoms with Crippen LogP contribution in [0.5, 0.6) is 0 Å². The maximum absolute atomic E-state index is 4.28. The highest BCUT2D eigenvalue weighted by Crippen LogP contribution is 2.16. The van der Waals surface area contributed by atoms with E-state index in [0.717, 1.165) is 35.5 Å². The lowest BCUT2D eigenvalue weighted by atomic mass is 10.2. The molecule has 4 heteroatoms. The van der Waals surface area contributed by atoms with E-state index in [2.05, 4.69) is 49.8 Å². The minimum Gasteiger partial charge on any atom is -0.282 e. The zero-order valence-corrected chi connectivity index (χ0v) is 11.5. The quantitative estimate of drug-likeness (QED) is 0.790. The maximum Gasteiger partial charge on any atom is 0.148 e. The molecular formula is C13H16BrN3. The van der Waals surface area contributed by atoms with Gasteiger partial charge < -0.3 is 0 Å². The van der Waals surface area contributed by atoms with Crippen LogP contribution < -0.4 is 0 Å². The third kappa shape index (κ3) is 2.75. The molecule has 0 atom stereocenters. The normalized spacial score (nSPS) is 10.7. The fraction of sp³-hybridized carbons (Fsp3) is 0.385. The van der Waals surface area contributed by atoms with E-state index in [1.54, 1.807) is 0 Å². The van der Waals surface area contributed by atoms with Gasteiger partial charge >= 0.3 is 0 Å². The second-order valence-electron chi connectivity index (χ2n) is 3.94. The fourth-order valence-corrected chi connectivity index (χ4v) is 2.18. The molecule has 2 rings (SSSR count). The highest BCUT2D eigenvalue weighted by atomic mass is 79.9. The highest BCUT2D eigenvalue weighted by Gasteiger charge is 2.11. The number of hydrogen-bond acceptors (Lipinski definition) is 2. The summed E-state index contributed by atoms with van der Waals surface area (Å²) in [5.74, 6) is 2.01.